The number of nitrogens with one attached hydrogen (secondary N) is 1. The van der Waals surface area contributed by atoms with Gasteiger partial charge in [-0.2, -0.15) is 10.2 Å². The van der Waals surface area contributed by atoms with Crippen LogP contribution in [0, 0.1) is 25.1 Å². The van der Waals surface area contributed by atoms with Gasteiger partial charge in [-0.25, -0.2) is 9.37 Å². The van der Waals surface area contributed by atoms with Crippen molar-refractivity contribution in [2.45, 2.75) is 39.9 Å². The Morgan fingerprint density at radius 1 is 1.03 bits per heavy atom. The number of aryl methyl sites for hydroxylation is 2. The first-order valence-electron chi connectivity index (χ1n) is 11.4. The second kappa shape index (κ2) is 9.01. The van der Waals surface area contributed by atoms with E-state index in [-0.39, 0.29) is 18.3 Å². The van der Waals surface area contributed by atoms with E-state index in [9.17, 15) is 9.60 Å². The molecule has 0 bridgehead atoms. The fourth-order valence-corrected chi connectivity index (χ4v) is 4.67. The number of nitrogens with zero attached hydrogens (tertiary/aromatic N) is 6. The van der Waals surface area contributed by atoms with E-state index in [4.69, 9.17) is 5.41 Å². The topological polar surface area (TPSA) is 94.2 Å². The number of rotatable bonds is 5. The summed E-state index contributed by atoms with van der Waals surface area (Å²) in [7, 11) is 0. The molecule has 8 nitrogen and oxygen atoms in total. The molecule has 0 spiro atoms. The minimum Gasteiger partial charge on any atom is -0.278 e. The summed E-state index contributed by atoms with van der Waals surface area (Å²) in [6.07, 6.45) is 1.79. The number of anilines is 1. The standard InChI is InChI=1S/C26H26FN7O/c1-4-22(21-11-10-20(27)14-29-21)33-15-32-25(34(33)35)23(19-12-16(2)30-17(3)13-19)24(31-26(32)28)18-8-6-5-7-9-18/h5-14,22,28,35H,4,15H2,1-3H3. The van der Waals surface area contributed by atoms with Gasteiger partial charge in [0.1, 0.15) is 12.5 Å². The molecule has 1 aliphatic rings. The minimum atomic E-state index is -0.417. The first-order valence-corrected chi connectivity index (χ1v) is 11.4. The summed E-state index contributed by atoms with van der Waals surface area (Å²) in [6.45, 7) is 6.02. The number of benzene rings is 1. The summed E-state index contributed by atoms with van der Waals surface area (Å²) in [4.78, 5) is 13.4. The number of hydrogen-bond acceptors (Lipinski definition) is 7. The average Bonchev–Trinajstić information content (AvgIpc) is 3.18. The van der Waals surface area contributed by atoms with Crippen LogP contribution in [0.1, 0.15) is 36.5 Å². The Morgan fingerprint density at radius 3 is 2.37 bits per heavy atom. The van der Waals surface area contributed by atoms with Crippen LogP contribution in [-0.4, -0.2) is 29.7 Å². The van der Waals surface area contributed by atoms with Gasteiger partial charge in [0.25, 0.3) is 0 Å². The second-order valence-electron chi connectivity index (χ2n) is 8.61. The SMILES string of the molecule is CCC(c1ccc(F)cn1)N1Cn2c(c(-c3cc(C)nc(C)c3)c(-c3ccccc3)nc2=N)N1O. The third-order valence-electron chi connectivity index (χ3n) is 6.16. The molecule has 0 aliphatic carbocycles. The van der Waals surface area contributed by atoms with E-state index in [0.29, 0.717) is 29.2 Å². The Kier molecular flexibility index (Phi) is 5.88. The summed E-state index contributed by atoms with van der Waals surface area (Å²) in [6, 6.07) is 16.2. The van der Waals surface area contributed by atoms with Crippen LogP contribution in [0.5, 0.6) is 0 Å². The van der Waals surface area contributed by atoms with E-state index < -0.39 is 5.82 Å². The highest BCUT2D eigenvalue weighted by Gasteiger charge is 2.37. The van der Waals surface area contributed by atoms with E-state index in [1.807, 2.05) is 63.2 Å². The normalized spacial score (nSPS) is 14.3. The average molecular weight is 472 g/mol. The lowest BCUT2D eigenvalue weighted by Gasteiger charge is -2.30. The van der Waals surface area contributed by atoms with Gasteiger partial charge in [0, 0.05) is 17.0 Å². The molecule has 4 aromatic rings. The van der Waals surface area contributed by atoms with Crippen molar-refractivity contribution in [2.75, 3.05) is 5.17 Å². The van der Waals surface area contributed by atoms with Crippen molar-refractivity contribution >= 4 is 5.82 Å². The van der Waals surface area contributed by atoms with Crippen molar-refractivity contribution in [1.82, 2.24) is 24.5 Å². The summed E-state index contributed by atoms with van der Waals surface area (Å²) >= 11 is 0. The number of aromatic nitrogens is 4. The van der Waals surface area contributed by atoms with Crippen LogP contribution < -0.4 is 10.8 Å². The van der Waals surface area contributed by atoms with Gasteiger partial charge in [-0.05, 0) is 50.1 Å². The van der Waals surface area contributed by atoms with Gasteiger partial charge in [-0.3, -0.25) is 25.2 Å². The molecule has 35 heavy (non-hydrogen) atoms. The molecule has 0 radical (unpaired) electrons. The van der Waals surface area contributed by atoms with Gasteiger partial charge in [0.2, 0.25) is 5.62 Å². The van der Waals surface area contributed by atoms with Gasteiger partial charge in [-0.15, -0.1) is 0 Å². The number of halogens is 1. The highest BCUT2D eigenvalue weighted by Crippen LogP contribution is 2.42. The zero-order valence-corrected chi connectivity index (χ0v) is 19.8. The third-order valence-corrected chi connectivity index (χ3v) is 6.16. The van der Waals surface area contributed by atoms with Gasteiger partial charge in [0.05, 0.1) is 29.2 Å². The van der Waals surface area contributed by atoms with Crippen LogP contribution in [0.3, 0.4) is 0 Å². The van der Waals surface area contributed by atoms with E-state index in [0.717, 1.165) is 27.7 Å². The Labute approximate surface area is 202 Å². The maximum atomic E-state index is 13.5. The smallest absolute Gasteiger partial charge is 0.225 e. The van der Waals surface area contributed by atoms with Crippen molar-refractivity contribution in [3.05, 3.63) is 89.3 Å². The van der Waals surface area contributed by atoms with E-state index in [2.05, 4.69) is 15.0 Å². The molecule has 5 rings (SSSR count). The fraction of sp³-hybridized carbons (Fsp3) is 0.231. The van der Waals surface area contributed by atoms with E-state index in [1.54, 1.807) is 15.6 Å². The Hall–Kier alpha value is -3.95. The van der Waals surface area contributed by atoms with Gasteiger partial charge in [-0.1, -0.05) is 37.3 Å². The van der Waals surface area contributed by atoms with Crippen molar-refractivity contribution in [3.8, 4) is 22.4 Å². The first kappa shape index (κ1) is 22.8. The number of fused-ring (bicyclic) bond motifs is 1. The van der Waals surface area contributed by atoms with E-state index >= 15 is 0 Å². The molecule has 178 valence electrons. The van der Waals surface area contributed by atoms with Crippen LogP contribution >= 0.6 is 0 Å². The predicted molar refractivity (Wildman–Crippen MR) is 130 cm³/mol. The summed E-state index contributed by atoms with van der Waals surface area (Å²) < 4.78 is 15.2. The third kappa shape index (κ3) is 4.09. The lowest BCUT2D eigenvalue weighted by molar-refractivity contribution is 0.0281. The van der Waals surface area contributed by atoms with E-state index in [1.165, 1.54) is 12.3 Å². The molecule has 9 heteroatoms. The largest absolute Gasteiger partial charge is 0.278 e. The maximum absolute atomic E-state index is 13.5. The number of hydrogen-bond donors (Lipinski definition) is 2. The van der Waals surface area contributed by atoms with Gasteiger partial charge < -0.3 is 0 Å². The van der Waals surface area contributed by atoms with Crippen LogP contribution in [0.2, 0.25) is 0 Å². The van der Waals surface area contributed by atoms with Crippen molar-refractivity contribution in [1.29, 1.82) is 5.41 Å². The molecule has 2 N–H and O–H groups in total. The zero-order valence-electron chi connectivity index (χ0n) is 19.8. The first-order chi connectivity index (χ1) is 16.9. The quantitative estimate of drug-likeness (QED) is 0.435. The number of pyridine rings is 2. The Morgan fingerprint density at radius 2 is 1.74 bits per heavy atom. The van der Waals surface area contributed by atoms with Crippen molar-refractivity contribution < 1.29 is 9.60 Å². The molecule has 3 aromatic heterocycles. The minimum absolute atomic E-state index is 0.0218. The lowest BCUT2D eigenvalue weighted by atomic mass is 9.99. The van der Waals surface area contributed by atoms with Crippen LogP contribution in [0.25, 0.3) is 22.4 Å². The maximum Gasteiger partial charge on any atom is 0.225 e. The summed E-state index contributed by atoms with van der Waals surface area (Å²) in [5.41, 5.74) is 5.32. The number of hydrazine groups is 1. The monoisotopic (exact) mass is 471 g/mol. The molecule has 0 fully saturated rings. The van der Waals surface area contributed by atoms with Gasteiger partial charge in [0.15, 0.2) is 5.82 Å². The molecule has 0 saturated carbocycles. The summed E-state index contributed by atoms with van der Waals surface area (Å²) in [5.74, 6) is 0.0221. The highest BCUT2D eigenvalue weighted by atomic mass is 19.1. The molecule has 4 heterocycles. The van der Waals surface area contributed by atoms with Crippen LogP contribution in [0.15, 0.2) is 60.8 Å². The molecule has 0 saturated heterocycles. The molecule has 1 unspecified atom stereocenters. The van der Waals surface area contributed by atoms with Crippen molar-refractivity contribution in [2.24, 2.45) is 0 Å². The Balaban J connectivity index is 1.72. The second-order valence-corrected chi connectivity index (χ2v) is 8.61. The van der Waals surface area contributed by atoms with Crippen LogP contribution in [0.4, 0.5) is 10.2 Å². The molecular weight excluding hydrogens is 445 g/mol. The van der Waals surface area contributed by atoms with Crippen LogP contribution in [-0.2, 0) is 6.67 Å². The molecular formula is C26H26FN7O. The molecule has 1 aliphatic heterocycles. The highest BCUT2D eigenvalue weighted by molar-refractivity contribution is 5.88. The molecule has 0 amide bonds. The summed E-state index contributed by atoms with van der Waals surface area (Å²) in [5, 5.41) is 23.1. The predicted octanol–water partition coefficient (Wildman–Crippen LogP) is 4.78. The fourth-order valence-electron chi connectivity index (χ4n) is 4.67. The Bertz CT molecular complexity index is 1420. The van der Waals surface area contributed by atoms with Crippen molar-refractivity contribution in [3.63, 3.8) is 0 Å². The molecule has 1 aromatic carbocycles. The molecule has 1 atom stereocenters. The zero-order chi connectivity index (χ0) is 24.7. The van der Waals surface area contributed by atoms with Gasteiger partial charge >= 0.3 is 0 Å². The lowest BCUT2D eigenvalue weighted by Crippen LogP contribution is -2.38.